The Morgan fingerprint density at radius 3 is 0.708 bits per heavy atom. The van der Waals surface area contributed by atoms with Gasteiger partial charge in [-0.15, -0.1) is 0 Å². The molecule has 4 atom stereocenters. The third-order valence-corrected chi connectivity index (χ3v) is 11.2. The van der Waals surface area contributed by atoms with E-state index in [4.69, 9.17) is 23.7 Å². The van der Waals surface area contributed by atoms with Gasteiger partial charge in [-0.2, -0.15) is 0 Å². The third-order valence-electron chi connectivity index (χ3n) is 11.2. The first-order valence-electron chi connectivity index (χ1n) is 23.1. The predicted molar refractivity (Wildman–Crippen MR) is 275 cm³/mol. The SMILES string of the molecule is O=C(/C=C/c1ccccc1)CC1C(OC(=O)/C=C/c2ccccc2)C(OC(=O)/C=C/c2ccccc2)C(OC(=O)/C=C/c2ccccc2)C(OC(=O)/C=C/c2ccccc2)C1OC(=O)/C=C/c1ccccc1. The van der Waals surface area contributed by atoms with E-state index >= 15 is 0 Å². The van der Waals surface area contributed by atoms with Crippen molar-refractivity contribution in [3.05, 3.63) is 252 Å². The van der Waals surface area contributed by atoms with E-state index < -0.39 is 78.5 Å². The third kappa shape index (κ3) is 15.9. The van der Waals surface area contributed by atoms with Gasteiger partial charge in [0.15, 0.2) is 24.1 Å². The number of ether oxygens (including phenoxy) is 5. The van der Waals surface area contributed by atoms with Crippen LogP contribution in [0.4, 0.5) is 0 Å². The standard InChI is InChI=1S/C61H50O11/c62-50(37-31-44-19-7-1-8-20-44)43-51-57(68-52(63)38-32-45-21-9-2-10-22-45)59(70-54(65)40-34-47-25-13-4-14-26-47)61(72-56(67)42-36-49-29-17-6-18-30-49)60(71-55(66)41-35-48-27-15-5-16-28-48)58(51)69-53(64)39-33-46-23-11-3-12-24-46/h1-42,51,57-61H,43H2/b37-31+,38-32+,39-33+,40-34+,41-35+,42-36+. The molecule has 6 aromatic rings. The Labute approximate surface area is 417 Å². The summed E-state index contributed by atoms with van der Waals surface area (Å²) in [4.78, 5) is 84.9. The Balaban J connectivity index is 1.38. The predicted octanol–water partition coefficient (Wildman–Crippen LogP) is 10.4. The largest absolute Gasteiger partial charge is 0.455 e. The average molecular weight is 959 g/mol. The molecule has 4 unspecified atom stereocenters. The van der Waals surface area contributed by atoms with Gasteiger partial charge in [-0.05, 0) is 69.8 Å². The van der Waals surface area contributed by atoms with Crippen LogP contribution in [0.5, 0.6) is 0 Å². The zero-order chi connectivity index (χ0) is 50.3. The van der Waals surface area contributed by atoms with Crippen molar-refractivity contribution in [1.82, 2.24) is 0 Å². The average Bonchev–Trinajstić information content (AvgIpc) is 3.42. The molecule has 72 heavy (non-hydrogen) atoms. The fraction of sp³-hybridized carbons (Fsp3) is 0.115. The molecule has 1 saturated carbocycles. The molecule has 7 rings (SSSR count). The number of allylic oxidation sites excluding steroid dienone is 1. The summed E-state index contributed by atoms with van der Waals surface area (Å²) < 4.78 is 31.0. The van der Waals surface area contributed by atoms with Crippen LogP contribution in [0.1, 0.15) is 39.8 Å². The van der Waals surface area contributed by atoms with Gasteiger partial charge in [-0.1, -0.05) is 188 Å². The molecule has 11 nitrogen and oxygen atoms in total. The van der Waals surface area contributed by atoms with Gasteiger partial charge < -0.3 is 23.7 Å². The first-order valence-corrected chi connectivity index (χ1v) is 23.1. The molecule has 0 amide bonds. The number of carbonyl (C=O) groups is 6. The minimum atomic E-state index is -1.85. The van der Waals surface area contributed by atoms with Crippen LogP contribution in [0.25, 0.3) is 36.5 Å². The van der Waals surface area contributed by atoms with E-state index in [-0.39, 0.29) is 0 Å². The minimum absolute atomic E-state index is 0.527. The van der Waals surface area contributed by atoms with Gasteiger partial charge in [0.25, 0.3) is 0 Å². The van der Waals surface area contributed by atoms with Crippen LogP contribution in [0, 0.1) is 5.92 Å². The summed E-state index contributed by atoms with van der Waals surface area (Å²) in [6.45, 7) is 0. The van der Waals surface area contributed by atoms with Gasteiger partial charge in [0.1, 0.15) is 12.2 Å². The second-order valence-corrected chi connectivity index (χ2v) is 16.3. The molecule has 1 aliphatic carbocycles. The molecule has 6 aromatic carbocycles. The second kappa shape index (κ2) is 26.5. The normalized spacial score (nSPS) is 18.9. The van der Waals surface area contributed by atoms with Crippen molar-refractivity contribution in [1.29, 1.82) is 0 Å². The van der Waals surface area contributed by atoms with Crippen molar-refractivity contribution in [2.45, 2.75) is 36.9 Å². The van der Waals surface area contributed by atoms with Crippen molar-refractivity contribution in [3.8, 4) is 0 Å². The van der Waals surface area contributed by atoms with Gasteiger partial charge in [-0.3, -0.25) is 4.79 Å². The van der Waals surface area contributed by atoms with E-state index in [1.807, 2.05) is 30.3 Å². The van der Waals surface area contributed by atoms with E-state index in [1.165, 1.54) is 36.5 Å². The van der Waals surface area contributed by atoms with Crippen LogP contribution < -0.4 is 0 Å². The monoisotopic (exact) mass is 958 g/mol. The van der Waals surface area contributed by atoms with Crippen molar-refractivity contribution in [2.75, 3.05) is 0 Å². The molecule has 11 heteroatoms. The summed E-state index contributed by atoms with van der Waals surface area (Å²) >= 11 is 0. The van der Waals surface area contributed by atoms with Gasteiger partial charge in [-0.25, -0.2) is 24.0 Å². The summed E-state index contributed by atoms with van der Waals surface area (Å²) in [5, 5.41) is 0. The number of benzene rings is 6. The second-order valence-electron chi connectivity index (χ2n) is 16.3. The Bertz CT molecular complexity index is 2390. The summed E-state index contributed by atoms with van der Waals surface area (Å²) in [7, 11) is 0. The van der Waals surface area contributed by atoms with E-state index in [9.17, 15) is 28.8 Å². The maximum absolute atomic E-state index is 14.3. The van der Waals surface area contributed by atoms with Crippen LogP contribution in [-0.4, -0.2) is 66.1 Å². The molecule has 0 aromatic heterocycles. The Kier molecular flexibility index (Phi) is 18.7. The van der Waals surface area contributed by atoms with Crippen molar-refractivity contribution in [3.63, 3.8) is 0 Å². The van der Waals surface area contributed by atoms with Gasteiger partial charge in [0.05, 0.1) is 0 Å². The first-order chi connectivity index (χ1) is 35.2. The molecular formula is C61H50O11. The molecule has 0 saturated heterocycles. The lowest BCUT2D eigenvalue weighted by molar-refractivity contribution is -0.241. The van der Waals surface area contributed by atoms with Crippen molar-refractivity contribution < 1.29 is 52.5 Å². The molecule has 1 fully saturated rings. The minimum Gasteiger partial charge on any atom is -0.455 e. The zero-order valence-corrected chi connectivity index (χ0v) is 38.9. The number of hydrogen-bond donors (Lipinski definition) is 0. The lowest BCUT2D eigenvalue weighted by atomic mass is 9.75. The molecule has 0 N–H and O–H groups in total. The van der Waals surface area contributed by atoms with Crippen LogP contribution in [0.3, 0.4) is 0 Å². The fourth-order valence-electron chi connectivity index (χ4n) is 7.74. The molecule has 1 aliphatic rings. The highest BCUT2D eigenvalue weighted by atomic mass is 16.6. The molecule has 0 spiro atoms. The number of rotatable bonds is 19. The van der Waals surface area contributed by atoms with Gasteiger partial charge >= 0.3 is 29.8 Å². The van der Waals surface area contributed by atoms with Gasteiger partial charge in [0, 0.05) is 42.7 Å². The summed E-state index contributed by atoms with van der Waals surface area (Å²) in [6.07, 6.45) is 6.63. The van der Waals surface area contributed by atoms with Gasteiger partial charge in [0.2, 0.25) is 0 Å². The first kappa shape index (κ1) is 50.7. The number of esters is 5. The molecule has 0 radical (unpaired) electrons. The van der Waals surface area contributed by atoms with Crippen LogP contribution in [0.2, 0.25) is 0 Å². The quantitative estimate of drug-likeness (QED) is 0.0434. The lowest BCUT2D eigenvalue weighted by Crippen LogP contribution is -2.66. The van der Waals surface area contributed by atoms with E-state index in [0.717, 1.165) is 30.4 Å². The van der Waals surface area contributed by atoms with Crippen LogP contribution >= 0.6 is 0 Å². The Hall–Kier alpha value is -9.22. The topological polar surface area (TPSA) is 149 Å². The molecule has 0 heterocycles. The molecule has 0 aliphatic heterocycles. The van der Waals surface area contributed by atoms with Crippen molar-refractivity contribution in [2.24, 2.45) is 5.92 Å². The van der Waals surface area contributed by atoms with Crippen LogP contribution in [-0.2, 0) is 52.5 Å². The van der Waals surface area contributed by atoms with E-state index in [1.54, 1.807) is 158 Å². The number of hydrogen-bond acceptors (Lipinski definition) is 11. The van der Waals surface area contributed by atoms with E-state index in [2.05, 4.69) is 0 Å². The highest BCUT2D eigenvalue weighted by Crippen LogP contribution is 2.39. The lowest BCUT2D eigenvalue weighted by Gasteiger charge is -2.47. The summed E-state index contributed by atoms with van der Waals surface area (Å²) in [5.74, 6) is -6.81. The highest BCUT2D eigenvalue weighted by molar-refractivity contribution is 5.94. The maximum atomic E-state index is 14.3. The van der Waals surface area contributed by atoms with Crippen molar-refractivity contribution >= 4 is 72.1 Å². The zero-order valence-electron chi connectivity index (χ0n) is 38.9. The van der Waals surface area contributed by atoms with Crippen LogP contribution in [0.15, 0.2) is 218 Å². The van der Waals surface area contributed by atoms with E-state index in [0.29, 0.717) is 33.4 Å². The Morgan fingerprint density at radius 2 is 0.472 bits per heavy atom. The molecular weight excluding hydrogens is 909 g/mol. The molecule has 0 bridgehead atoms. The summed E-state index contributed by atoms with van der Waals surface area (Å²) in [5.41, 5.74) is 3.91. The Morgan fingerprint density at radius 1 is 0.278 bits per heavy atom. The number of ketones is 1. The highest BCUT2D eigenvalue weighted by Gasteiger charge is 2.59. The number of carbonyl (C=O) groups excluding carboxylic acids is 6. The summed E-state index contributed by atoms with van der Waals surface area (Å²) in [6, 6.07) is 53.4. The fourth-order valence-corrected chi connectivity index (χ4v) is 7.74. The smallest absolute Gasteiger partial charge is 0.331 e. The molecule has 360 valence electrons. The maximum Gasteiger partial charge on any atom is 0.331 e.